The minimum absolute atomic E-state index is 0.0881. The second kappa shape index (κ2) is 6.45. The first-order valence-electron chi connectivity index (χ1n) is 6.80. The summed E-state index contributed by atoms with van der Waals surface area (Å²) in [6, 6.07) is 6.76. The van der Waals surface area contributed by atoms with Gasteiger partial charge < -0.3 is 10.4 Å². The van der Waals surface area contributed by atoms with Crippen LogP contribution in [0.25, 0.3) is 5.69 Å². The molecule has 112 valence electrons. The zero-order chi connectivity index (χ0) is 15.4. The van der Waals surface area contributed by atoms with Crippen LogP contribution in [-0.2, 0) is 0 Å². The van der Waals surface area contributed by atoms with Gasteiger partial charge in [-0.05, 0) is 41.5 Å². The first-order valence-corrected chi connectivity index (χ1v) is 6.80. The van der Waals surface area contributed by atoms with Crippen LogP contribution >= 0.6 is 0 Å². The Bertz CT molecular complexity index is 623. The summed E-state index contributed by atoms with van der Waals surface area (Å²) in [5, 5.41) is 23.4. The quantitative estimate of drug-likeness (QED) is 0.846. The molecule has 0 aliphatic carbocycles. The van der Waals surface area contributed by atoms with Gasteiger partial charge in [-0.25, -0.2) is 0 Å². The molecule has 1 amide bonds. The average molecular weight is 289 g/mol. The number of rotatable bonds is 5. The number of tetrazole rings is 1. The van der Waals surface area contributed by atoms with E-state index in [2.05, 4.69) is 20.8 Å². The number of nitrogens with one attached hydrogen (secondary N) is 1. The van der Waals surface area contributed by atoms with Gasteiger partial charge in [0.2, 0.25) is 0 Å². The minimum Gasteiger partial charge on any atom is -0.394 e. The van der Waals surface area contributed by atoms with E-state index in [-0.39, 0.29) is 24.5 Å². The van der Waals surface area contributed by atoms with Gasteiger partial charge in [0.15, 0.2) is 5.82 Å². The largest absolute Gasteiger partial charge is 0.394 e. The van der Waals surface area contributed by atoms with Gasteiger partial charge in [-0.3, -0.25) is 4.79 Å². The lowest BCUT2D eigenvalue weighted by Gasteiger charge is -2.20. The number of aryl methyl sites for hydroxylation is 1. The molecule has 1 aromatic carbocycles. The zero-order valence-corrected chi connectivity index (χ0v) is 12.3. The third-order valence-electron chi connectivity index (χ3n) is 3.30. The van der Waals surface area contributed by atoms with Gasteiger partial charge in [0.1, 0.15) is 0 Å². The van der Waals surface area contributed by atoms with E-state index in [9.17, 15) is 9.90 Å². The fourth-order valence-electron chi connectivity index (χ4n) is 1.92. The van der Waals surface area contributed by atoms with Crippen LogP contribution in [0, 0.1) is 12.8 Å². The number of amides is 1. The van der Waals surface area contributed by atoms with Crippen LogP contribution in [-0.4, -0.2) is 43.9 Å². The van der Waals surface area contributed by atoms with Crippen LogP contribution in [0.4, 0.5) is 0 Å². The topological polar surface area (TPSA) is 92.9 Å². The smallest absolute Gasteiger partial charge is 0.251 e. The molecule has 2 N–H and O–H groups in total. The molecule has 2 rings (SSSR count). The number of nitrogens with zero attached hydrogens (tertiary/aromatic N) is 4. The number of carbonyl (C=O) groups excluding carboxylic acids is 1. The Morgan fingerprint density at radius 2 is 2.19 bits per heavy atom. The monoisotopic (exact) mass is 289 g/mol. The van der Waals surface area contributed by atoms with Crippen molar-refractivity contribution in [3.05, 3.63) is 35.7 Å². The predicted octanol–water partition coefficient (Wildman–Crippen LogP) is 0.717. The van der Waals surface area contributed by atoms with E-state index in [1.807, 2.05) is 19.9 Å². The van der Waals surface area contributed by atoms with Gasteiger partial charge in [0.25, 0.3) is 5.91 Å². The van der Waals surface area contributed by atoms with Crippen molar-refractivity contribution >= 4 is 5.91 Å². The molecule has 1 heterocycles. The Hall–Kier alpha value is -2.28. The number of carbonyl (C=O) groups is 1. The van der Waals surface area contributed by atoms with Gasteiger partial charge >= 0.3 is 0 Å². The number of aromatic nitrogens is 4. The molecule has 21 heavy (non-hydrogen) atoms. The lowest BCUT2D eigenvalue weighted by Crippen LogP contribution is -2.41. The molecule has 0 aliphatic heterocycles. The summed E-state index contributed by atoms with van der Waals surface area (Å²) < 4.78 is 1.56. The molecule has 1 aromatic heterocycles. The Kier molecular flexibility index (Phi) is 4.64. The van der Waals surface area contributed by atoms with Crippen LogP contribution in [0.3, 0.4) is 0 Å². The van der Waals surface area contributed by atoms with E-state index >= 15 is 0 Å². The Morgan fingerprint density at radius 3 is 2.76 bits per heavy atom. The van der Waals surface area contributed by atoms with Crippen molar-refractivity contribution in [2.45, 2.75) is 26.8 Å². The van der Waals surface area contributed by atoms with Crippen LogP contribution < -0.4 is 5.32 Å². The highest BCUT2D eigenvalue weighted by molar-refractivity contribution is 5.94. The predicted molar refractivity (Wildman–Crippen MR) is 77.1 cm³/mol. The molecule has 0 saturated carbocycles. The van der Waals surface area contributed by atoms with E-state index in [4.69, 9.17) is 0 Å². The van der Waals surface area contributed by atoms with E-state index in [0.717, 1.165) is 5.69 Å². The molecule has 0 radical (unpaired) electrons. The summed E-state index contributed by atoms with van der Waals surface area (Å²) in [6.07, 6.45) is 0. The molecule has 7 nitrogen and oxygen atoms in total. The molecule has 0 unspecified atom stereocenters. The second-order valence-electron chi connectivity index (χ2n) is 5.19. The maximum atomic E-state index is 12.2. The standard InChI is InChI=1S/C14H19N5O2/c1-9(2)13(8-20)15-14(21)11-5-4-6-12(7-11)19-10(3)16-17-18-19/h4-7,9,13,20H,8H2,1-3H3,(H,15,21)/t13-/m1/s1. The highest BCUT2D eigenvalue weighted by atomic mass is 16.3. The second-order valence-corrected chi connectivity index (χ2v) is 5.19. The number of aliphatic hydroxyl groups is 1. The highest BCUT2D eigenvalue weighted by Crippen LogP contribution is 2.11. The van der Waals surface area contributed by atoms with Gasteiger partial charge in [0, 0.05) is 5.56 Å². The Morgan fingerprint density at radius 1 is 1.43 bits per heavy atom. The summed E-state index contributed by atoms with van der Waals surface area (Å²) in [5.41, 5.74) is 1.22. The zero-order valence-electron chi connectivity index (χ0n) is 12.3. The van der Waals surface area contributed by atoms with Crippen LogP contribution in [0.5, 0.6) is 0 Å². The maximum Gasteiger partial charge on any atom is 0.251 e. The van der Waals surface area contributed by atoms with Gasteiger partial charge in [0.05, 0.1) is 18.3 Å². The van der Waals surface area contributed by atoms with Crippen molar-refractivity contribution in [1.29, 1.82) is 0 Å². The molecule has 0 aliphatic rings. The molecule has 0 saturated heterocycles. The fraction of sp³-hybridized carbons (Fsp3) is 0.429. The van der Waals surface area contributed by atoms with E-state index in [1.54, 1.807) is 29.8 Å². The highest BCUT2D eigenvalue weighted by Gasteiger charge is 2.16. The molecule has 7 heteroatoms. The van der Waals surface area contributed by atoms with Crippen molar-refractivity contribution in [3.8, 4) is 5.69 Å². The fourth-order valence-corrected chi connectivity index (χ4v) is 1.92. The van der Waals surface area contributed by atoms with Crippen molar-refractivity contribution in [3.63, 3.8) is 0 Å². The number of hydrogen-bond donors (Lipinski definition) is 2. The molecule has 0 bridgehead atoms. The first-order chi connectivity index (χ1) is 10.0. The summed E-state index contributed by atoms with van der Waals surface area (Å²) >= 11 is 0. The summed E-state index contributed by atoms with van der Waals surface area (Å²) in [6.45, 7) is 5.59. The summed E-state index contributed by atoms with van der Waals surface area (Å²) in [5.74, 6) is 0.571. The normalized spacial score (nSPS) is 12.4. The third-order valence-corrected chi connectivity index (χ3v) is 3.30. The molecular weight excluding hydrogens is 270 g/mol. The molecule has 1 atom stereocenters. The van der Waals surface area contributed by atoms with Crippen molar-refractivity contribution in [2.75, 3.05) is 6.61 Å². The first kappa shape index (κ1) is 15.1. The van der Waals surface area contributed by atoms with E-state index < -0.39 is 0 Å². The third kappa shape index (κ3) is 3.43. The SMILES string of the molecule is Cc1nnnn1-c1cccc(C(=O)N[C@H](CO)C(C)C)c1. The summed E-state index contributed by atoms with van der Waals surface area (Å²) in [4.78, 5) is 12.2. The minimum atomic E-state index is -0.268. The number of benzene rings is 1. The number of hydrogen-bond acceptors (Lipinski definition) is 5. The molecule has 0 spiro atoms. The Balaban J connectivity index is 2.21. The Labute approximate surface area is 123 Å². The van der Waals surface area contributed by atoms with E-state index in [1.165, 1.54) is 0 Å². The average Bonchev–Trinajstić information content (AvgIpc) is 2.90. The van der Waals surface area contributed by atoms with E-state index in [0.29, 0.717) is 11.4 Å². The number of aliphatic hydroxyl groups excluding tert-OH is 1. The lowest BCUT2D eigenvalue weighted by atomic mass is 10.0. The summed E-state index contributed by atoms with van der Waals surface area (Å²) in [7, 11) is 0. The molecule has 0 fully saturated rings. The van der Waals surface area contributed by atoms with Crippen molar-refractivity contribution in [2.24, 2.45) is 5.92 Å². The van der Waals surface area contributed by atoms with Gasteiger partial charge in [-0.1, -0.05) is 19.9 Å². The van der Waals surface area contributed by atoms with Crippen LogP contribution in [0.1, 0.15) is 30.0 Å². The van der Waals surface area contributed by atoms with Crippen LogP contribution in [0.15, 0.2) is 24.3 Å². The molecular formula is C14H19N5O2. The molecule has 2 aromatic rings. The van der Waals surface area contributed by atoms with Crippen molar-refractivity contribution < 1.29 is 9.90 Å². The maximum absolute atomic E-state index is 12.2. The van der Waals surface area contributed by atoms with Crippen molar-refractivity contribution in [1.82, 2.24) is 25.5 Å². The van der Waals surface area contributed by atoms with Crippen LogP contribution in [0.2, 0.25) is 0 Å². The lowest BCUT2D eigenvalue weighted by molar-refractivity contribution is 0.0897. The van der Waals surface area contributed by atoms with Gasteiger partial charge in [-0.15, -0.1) is 5.10 Å². The van der Waals surface area contributed by atoms with Gasteiger partial charge in [-0.2, -0.15) is 4.68 Å².